The normalized spacial score (nSPS) is 25.3. The zero-order valence-corrected chi connectivity index (χ0v) is 14.6. The SMILES string of the molecule is CC1(C(=O)N[C@@H]2CCOC[C@H]2Oc2ccc(C(N)=O)cc2)CCCC1. The van der Waals surface area contributed by atoms with Crippen molar-refractivity contribution >= 4 is 11.8 Å². The molecule has 2 fully saturated rings. The fourth-order valence-electron chi connectivity index (χ4n) is 3.59. The third-order valence-corrected chi connectivity index (χ3v) is 5.30. The van der Waals surface area contributed by atoms with E-state index in [1.54, 1.807) is 24.3 Å². The molecule has 2 amide bonds. The van der Waals surface area contributed by atoms with Crippen molar-refractivity contribution in [3.63, 3.8) is 0 Å². The summed E-state index contributed by atoms with van der Waals surface area (Å²) >= 11 is 0. The van der Waals surface area contributed by atoms with Gasteiger partial charge < -0.3 is 20.5 Å². The minimum absolute atomic E-state index is 0.0745. The van der Waals surface area contributed by atoms with Crippen LogP contribution in [0.3, 0.4) is 0 Å². The Morgan fingerprint density at radius 3 is 2.56 bits per heavy atom. The lowest BCUT2D eigenvalue weighted by atomic mass is 9.87. The number of rotatable bonds is 5. The summed E-state index contributed by atoms with van der Waals surface area (Å²) in [5, 5.41) is 3.18. The van der Waals surface area contributed by atoms with Gasteiger partial charge in [0.15, 0.2) is 0 Å². The molecular weight excluding hydrogens is 320 g/mol. The summed E-state index contributed by atoms with van der Waals surface area (Å²) in [4.78, 5) is 23.8. The van der Waals surface area contributed by atoms with Crippen LogP contribution in [0.25, 0.3) is 0 Å². The molecule has 25 heavy (non-hydrogen) atoms. The smallest absolute Gasteiger partial charge is 0.248 e. The van der Waals surface area contributed by atoms with Gasteiger partial charge in [0.25, 0.3) is 0 Å². The van der Waals surface area contributed by atoms with Crippen LogP contribution < -0.4 is 15.8 Å². The summed E-state index contributed by atoms with van der Waals surface area (Å²) in [5.74, 6) is 0.281. The molecule has 0 unspecified atom stereocenters. The van der Waals surface area contributed by atoms with Crippen molar-refractivity contribution in [1.29, 1.82) is 0 Å². The van der Waals surface area contributed by atoms with Crippen LogP contribution in [-0.2, 0) is 9.53 Å². The maximum atomic E-state index is 12.7. The molecule has 0 aromatic heterocycles. The van der Waals surface area contributed by atoms with Gasteiger partial charge in [0.2, 0.25) is 11.8 Å². The molecule has 1 saturated carbocycles. The van der Waals surface area contributed by atoms with Gasteiger partial charge >= 0.3 is 0 Å². The fraction of sp³-hybridized carbons (Fsp3) is 0.579. The molecule has 136 valence electrons. The predicted molar refractivity (Wildman–Crippen MR) is 93.3 cm³/mol. The number of benzene rings is 1. The van der Waals surface area contributed by atoms with Crippen LogP contribution in [0.5, 0.6) is 5.75 Å². The second-order valence-corrected chi connectivity index (χ2v) is 7.26. The highest BCUT2D eigenvalue weighted by atomic mass is 16.5. The summed E-state index contributed by atoms with van der Waals surface area (Å²) in [6.45, 7) is 3.09. The average molecular weight is 346 g/mol. The molecule has 6 heteroatoms. The standard InChI is InChI=1S/C19H26N2O4/c1-19(9-2-3-10-19)18(23)21-15-8-11-24-12-16(15)25-14-6-4-13(5-7-14)17(20)22/h4-7,15-16H,2-3,8-12H2,1H3,(H2,20,22)(H,21,23)/t15-,16-/m1/s1. The Balaban J connectivity index is 1.64. The van der Waals surface area contributed by atoms with E-state index >= 15 is 0 Å². The highest BCUT2D eigenvalue weighted by molar-refractivity contribution is 5.92. The molecular formula is C19H26N2O4. The van der Waals surface area contributed by atoms with Crippen molar-refractivity contribution in [3.05, 3.63) is 29.8 Å². The Hall–Kier alpha value is -2.08. The summed E-state index contributed by atoms with van der Waals surface area (Å²) in [7, 11) is 0. The van der Waals surface area contributed by atoms with Crippen LogP contribution in [0.4, 0.5) is 0 Å². The molecule has 1 aromatic carbocycles. The largest absolute Gasteiger partial charge is 0.486 e. The quantitative estimate of drug-likeness (QED) is 0.853. The highest BCUT2D eigenvalue weighted by Gasteiger charge is 2.39. The average Bonchev–Trinajstić information content (AvgIpc) is 3.05. The Labute approximate surface area is 148 Å². The summed E-state index contributed by atoms with van der Waals surface area (Å²) in [5.41, 5.74) is 5.43. The Kier molecular flexibility index (Phi) is 5.27. The van der Waals surface area contributed by atoms with E-state index in [1.807, 2.05) is 6.92 Å². The molecule has 0 spiro atoms. The van der Waals surface area contributed by atoms with Gasteiger partial charge in [-0.2, -0.15) is 0 Å². The topological polar surface area (TPSA) is 90.7 Å². The molecule has 6 nitrogen and oxygen atoms in total. The zero-order chi connectivity index (χ0) is 17.9. The molecule has 3 N–H and O–H groups in total. The van der Waals surface area contributed by atoms with Gasteiger partial charge in [0, 0.05) is 17.6 Å². The van der Waals surface area contributed by atoms with E-state index in [2.05, 4.69) is 5.32 Å². The van der Waals surface area contributed by atoms with Crippen molar-refractivity contribution in [3.8, 4) is 5.75 Å². The van der Waals surface area contributed by atoms with E-state index in [9.17, 15) is 9.59 Å². The number of amides is 2. The number of carbonyl (C=O) groups excluding carboxylic acids is 2. The van der Waals surface area contributed by atoms with Crippen LogP contribution in [0.1, 0.15) is 49.4 Å². The lowest BCUT2D eigenvalue weighted by Gasteiger charge is -2.34. The third-order valence-electron chi connectivity index (χ3n) is 5.30. The van der Waals surface area contributed by atoms with Crippen molar-refractivity contribution < 1.29 is 19.1 Å². The minimum Gasteiger partial charge on any atom is -0.486 e. The number of carbonyl (C=O) groups is 2. The first-order valence-electron chi connectivity index (χ1n) is 8.93. The predicted octanol–water partition coefficient (Wildman–Crippen LogP) is 2.02. The van der Waals surface area contributed by atoms with Crippen molar-refractivity contribution in [2.45, 2.75) is 51.2 Å². The highest BCUT2D eigenvalue weighted by Crippen LogP contribution is 2.38. The maximum absolute atomic E-state index is 12.7. The van der Waals surface area contributed by atoms with E-state index in [1.165, 1.54) is 0 Å². The van der Waals surface area contributed by atoms with Crippen molar-refractivity contribution in [2.75, 3.05) is 13.2 Å². The molecule has 0 radical (unpaired) electrons. The van der Waals surface area contributed by atoms with Crippen LogP contribution in [0.15, 0.2) is 24.3 Å². The monoisotopic (exact) mass is 346 g/mol. The zero-order valence-electron chi connectivity index (χ0n) is 14.6. The maximum Gasteiger partial charge on any atom is 0.248 e. The Bertz CT molecular complexity index is 623. The molecule has 0 bridgehead atoms. The van der Waals surface area contributed by atoms with Gasteiger partial charge in [-0.1, -0.05) is 19.8 Å². The lowest BCUT2D eigenvalue weighted by molar-refractivity contribution is -0.132. The first-order chi connectivity index (χ1) is 12.0. The van der Waals surface area contributed by atoms with Crippen molar-refractivity contribution in [2.24, 2.45) is 11.1 Å². The first-order valence-corrected chi connectivity index (χ1v) is 8.93. The van der Waals surface area contributed by atoms with E-state index < -0.39 is 5.91 Å². The van der Waals surface area contributed by atoms with Crippen LogP contribution in [0.2, 0.25) is 0 Å². The molecule has 1 aromatic rings. The molecule has 1 saturated heterocycles. The second-order valence-electron chi connectivity index (χ2n) is 7.26. The molecule has 2 aliphatic rings. The summed E-state index contributed by atoms with van der Waals surface area (Å²) < 4.78 is 11.5. The lowest BCUT2D eigenvalue weighted by Crippen LogP contribution is -2.54. The Morgan fingerprint density at radius 1 is 1.24 bits per heavy atom. The Morgan fingerprint density at radius 2 is 1.92 bits per heavy atom. The summed E-state index contributed by atoms with van der Waals surface area (Å²) in [6.07, 6.45) is 4.60. The third kappa shape index (κ3) is 4.12. The fourth-order valence-corrected chi connectivity index (χ4v) is 3.59. The van der Waals surface area contributed by atoms with Gasteiger partial charge in [-0.3, -0.25) is 9.59 Å². The molecule has 3 rings (SSSR count). The number of nitrogens with one attached hydrogen (secondary N) is 1. The molecule has 1 heterocycles. The van der Waals surface area contributed by atoms with Crippen LogP contribution in [-0.4, -0.2) is 37.2 Å². The van der Waals surface area contributed by atoms with Gasteiger partial charge in [-0.25, -0.2) is 0 Å². The number of hydrogen-bond donors (Lipinski definition) is 2. The molecule has 2 atom stereocenters. The van der Waals surface area contributed by atoms with E-state index in [0.29, 0.717) is 24.5 Å². The van der Waals surface area contributed by atoms with Gasteiger partial charge in [0.1, 0.15) is 11.9 Å². The van der Waals surface area contributed by atoms with E-state index in [0.717, 1.165) is 32.1 Å². The molecule has 1 aliphatic heterocycles. The van der Waals surface area contributed by atoms with Gasteiger partial charge in [-0.15, -0.1) is 0 Å². The number of primary amides is 1. The number of ether oxygens (including phenoxy) is 2. The molecule has 1 aliphatic carbocycles. The van der Waals surface area contributed by atoms with Gasteiger partial charge in [-0.05, 0) is 43.5 Å². The first kappa shape index (κ1) is 17.7. The van der Waals surface area contributed by atoms with E-state index in [-0.39, 0.29) is 23.5 Å². The second kappa shape index (κ2) is 7.44. The summed E-state index contributed by atoms with van der Waals surface area (Å²) in [6, 6.07) is 6.62. The van der Waals surface area contributed by atoms with E-state index in [4.69, 9.17) is 15.2 Å². The van der Waals surface area contributed by atoms with Crippen LogP contribution in [0, 0.1) is 5.41 Å². The number of hydrogen-bond acceptors (Lipinski definition) is 4. The van der Waals surface area contributed by atoms with Crippen LogP contribution >= 0.6 is 0 Å². The number of nitrogens with two attached hydrogens (primary N) is 1. The van der Waals surface area contributed by atoms with Gasteiger partial charge in [0.05, 0.1) is 12.6 Å². The minimum atomic E-state index is -0.470. The van der Waals surface area contributed by atoms with Crippen molar-refractivity contribution in [1.82, 2.24) is 5.32 Å².